The van der Waals surface area contributed by atoms with Crippen LogP contribution in [0.4, 0.5) is 11.4 Å². The fourth-order valence-electron chi connectivity index (χ4n) is 3.71. The number of rotatable bonds is 7. The molecule has 1 heterocycles. The SMILES string of the molecule is COc1ccc(/C=C/C(=O)Nc2cccc(C(=O)Nc3c(C)n(C)n(-c4ccccc4)c3=O)c2)cc1. The third-order valence-corrected chi connectivity index (χ3v) is 5.73. The third kappa shape index (κ3) is 5.28. The Kier molecular flexibility index (Phi) is 7.15. The highest BCUT2D eigenvalue weighted by Crippen LogP contribution is 2.17. The number of nitrogens with one attached hydrogen (secondary N) is 2. The molecule has 0 atom stereocenters. The lowest BCUT2D eigenvalue weighted by molar-refractivity contribution is -0.111. The van der Waals surface area contributed by atoms with Gasteiger partial charge in [0.25, 0.3) is 11.5 Å². The molecule has 0 fully saturated rings. The number of benzene rings is 3. The van der Waals surface area contributed by atoms with E-state index in [4.69, 9.17) is 4.74 Å². The Bertz CT molecular complexity index is 1480. The first-order chi connectivity index (χ1) is 17.4. The Morgan fingerprint density at radius 1 is 0.917 bits per heavy atom. The van der Waals surface area contributed by atoms with Crippen LogP contribution in [0.1, 0.15) is 21.6 Å². The van der Waals surface area contributed by atoms with E-state index in [1.807, 2.05) is 54.6 Å². The molecular weight excluding hydrogens is 456 g/mol. The van der Waals surface area contributed by atoms with Crippen LogP contribution in [0.25, 0.3) is 11.8 Å². The average molecular weight is 483 g/mol. The van der Waals surface area contributed by atoms with Crippen molar-refractivity contribution in [2.75, 3.05) is 17.7 Å². The van der Waals surface area contributed by atoms with Crippen LogP contribution in [0.5, 0.6) is 5.75 Å². The predicted molar refractivity (Wildman–Crippen MR) is 141 cm³/mol. The normalized spacial score (nSPS) is 10.9. The maximum absolute atomic E-state index is 13.1. The number of hydrogen-bond donors (Lipinski definition) is 2. The van der Waals surface area contributed by atoms with Gasteiger partial charge in [-0.3, -0.25) is 19.1 Å². The molecule has 8 nitrogen and oxygen atoms in total. The van der Waals surface area contributed by atoms with Crippen LogP contribution in [-0.4, -0.2) is 28.3 Å². The van der Waals surface area contributed by atoms with Crippen molar-refractivity contribution in [1.29, 1.82) is 0 Å². The van der Waals surface area contributed by atoms with Crippen LogP contribution in [0.2, 0.25) is 0 Å². The number of carbonyl (C=O) groups excluding carboxylic acids is 2. The summed E-state index contributed by atoms with van der Waals surface area (Å²) in [6.45, 7) is 1.77. The van der Waals surface area contributed by atoms with Crippen LogP contribution in [0.3, 0.4) is 0 Å². The Hall–Kier alpha value is -4.85. The second-order valence-corrected chi connectivity index (χ2v) is 8.07. The molecule has 0 spiro atoms. The number of para-hydroxylation sites is 1. The van der Waals surface area contributed by atoms with E-state index in [0.717, 1.165) is 11.3 Å². The third-order valence-electron chi connectivity index (χ3n) is 5.73. The minimum absolute atomic E-state index is 0.197. The van der Waals surface area contributed by atoms with Gasteiger partial charge in [-0.05, 0) is 61.0 Å². The molecule has 3 aromatic carbocycles. The van der Waals surface area contributed by atoms with E-state index >= 15 is 0 Å². The highest BCUT2D eigenvalue weighted by atomic mass is 16.5. The molecule has 4 aromatic rings. The molecule has 36 heavy (non-hydrogen) atoms. The number of carbonyl (C=O) groups is 2. The summed E-state index contributed by atoms with van der Waals surface area (Å²) < 4.78 is 8.32. The number of hydrogen-bond acceptors (Lipinski definition) is 4. The largest absolute Gasteiger partial charge is 0.497 e. The zero-order valence-electron chi connectivity index (χ0n) is 20.2. The van der Waals surface area contributed by atoms with Crippen molar-refractivity contribution in [3.8, 4) is 11.4 Å². The molecule has 2 N–H and O–H groups in total. The minimum atomic E-state index is -0.453. The molecule has 0 saturated heterocycles. The van der Waals surface area contributed by atoms with Gasteiger partial charge in [-0.25, -0.2) is 4.68 Å². The molecule has 0 bridgehead atoms. The summed E-state index contributed by atoms with van der Waals surface area (Å²) in [5.74, 6) is -0.0599. The zero-order valence-corrected chi connectivity index (χ0v) is 20.2. The van der Waals surface area contributed by atoms with E-state index in [1.54, 1.807) is 56.1 Å². The number of ether oxygens (including phenoxy) is 1. The van der Waals surface area contributed by atoms with E-state index in [2.05, 4.69) is 10.6 Å². The smallest absolute Gasteiger partial charge is 0.295 e. The van der Waals surface area contributed by atoms with Crippen molar-refractivity contribution in [3.63, 3.8) is 0 Å². The van der Waals surface area contributed by atoms with Crippen molar-refractivity contribution in [2.45, 2.75) is 6.92 Å². The Balaban J connectivity index is 1.48. The highest BCUT2D eigenvalue weighted by Gasteiger charge is 2.19. The van der Waals surface area contributed by atoms with Crippen molar-refractivity contribution >= 4 is 29.3 Å². The lowest BCUT2D eigenvalue weighted by atomic mass is 10.1. The van der Waals surface area contributed by atoms with Crippen LogP contribution in [-0.2, 0) is 11.8 Å². The fraction of sp³-hybridized carbons (Fsp3) is 0.107. The van der Waals surface area contributed by atoms with Gasteiger partial charge in [0.05, 0.1) is 18.5 Å². The lowest BCUT2D eigenvalue weighted by Crippen LogP contribution is -2.23. The van der Waals surface area contributed by atoms with Crippen LogP contribution in [0, 0.1) is 6.92 Å². The van der Waals surface area contributed by atoms with Gasteiger partial charge in [-0.1, -0.05) is 36.4 Å². The first kappa shape index (κ1) is 24.3. The van der Waals surface area contributed by atoms with E-state index < -0.39 is 5.91 Å². The molecule has 2 amide bonds. The van der Waals surface area contributed by atoms with Crippen molar-refractivity contribution < 1.29 is 14.3 Å². The Morgan fingerprint density at radius 3 is 2.33 bits per heavy atom. The molecule has 4 rings (SSSR count). The molecular formula is C28H26N4O4. The van der Waals surface area contributed by atoms with Gasteiger partial charge in [-0.15, -0.1) is 0 Å². The van der Waals surface area contributed by atoms with Gasteiger partial charge in [0.2, 0.25) is 5.91 Å². The molecule has 1 aromatic heterocycles. The van der Waals surface area contributed by atoms with E-state index in [0.29, 0.717) is 22.6 Å². The number of nitrogens with zero attached hydrogens (tertiary/aromatic N) is 2. The summed E-state index contributed by atoms with van der Waals surface area (Å²) in [5, 5.41) is 5.48. The van der Waals surface area contributed by atoms with Crippen molar-refractivity contribution in [2.24, 2.45) is 7.05 Å². The lowest BCUT2D eigenvalue weighted by Gasteiger charge is -2.07. The monoisotopic (exact) mass is 482 g/mol. The summed E-state index contributed by atoms with van der Waals surface area (Å²) >= 11 is 0. The maximum atomic E-state index is 13.1. The average Bonchev–Trinajstić information content (AvgIpc) is 3.11. The van der Waals surface area contributed by atoms with E-state index in [-0.39, 0.29) is 17.2 Å². The van der Waals surface area contributed by atoms with Gasteiger partial charge in [0.15, 0.2) is 0 Å². The van der Waals surface area contributed by atoms with E-state index in [1.165, 1.54) is 10.8 Å². The Morgan fingerprint density at radius 2 is 1.64 bits per heavy atom. The summed E-state index contributed by atoms with van der Waals surface area (Å²) in [6, 6.07) is 23.0. The molecule has 182 valence electrons. The summed E-state index contributed by atoms with van der Waals surface area (Å²) in [5.41, 5.74) is 2.79. The van der Waals surface area contributed by atoms with Gasteiger partial charge in [-0.2, -0.15) is 0 Å². The van der Waals surface area contributed by atoms with Gasteiger partial charge >= 0.3 is 0 Å². The number of methoxy groups -OCH3 is 1. The zero-order chi connectivity index (χ0) is 25.7. The number of amides is 2. The minimum Gasteiger partial charge on any atom is -0.497 e. The van der Waals surface area contributed by atoms with Gasteiger partial charge in [0.1, 0.15) is 11.4 Å². The molecule has 0 unspecified atom stereocenters. The summed E-state index contributed by atoms with van der Waals surface area (Å²) in [4.78, 5) is 38.4. The van der Waals surface area contributed by atoms with Crippen LogP contribution in [0.15, 0.2) is 89.7 Å². The standard InChI is InChI=1S/C28H26N4O4/c1-19-26(28(35)32(31(19)2)23-10-5-4-6-11-23)30-27(34)21-8-7-9-22(18-21)29-25(33)17-14-20-12-15-24(36-3)16-13-20/h4-18H,1-3H3,(H,29,33)(H,30,34)/b17-14+. The first-order valence-electron chi connectivity index (χ1n) is 11.3. The predicted octanol–water partition coefficient (Wildman–Crippen LogP) is 4.40. The molecule has 0 aliphatic rings. The van der Waals surface area contributed by atoms with Crippen LogP contribution < -0.4 is 20.9 Å². The first-order valence-corrected chi connectivity index (χ1v) is 11.3. The second kappa shape index (κ2) is 10.6. The van der Waals surface area contributed by atoms with Crippen molar-refractivity contribution in [1.82, 2.24) is 9.36 Å². The second-order valence-electron chi connectivity index (χ2n) is 8.07. The summed E-state index contributed by atoms with van der Waals surface area (Å²) in [7, 11) is 3.35. The molecule has 8 heteroatoms. The van der Waals surface area contributed by atoms with Crippen LogP contribution >= 0.6 is 0 Å². The molecule has 0 saturated carbocycles. The fourth-order valence-corrected chi connectivity index (χ4v) is 3.71. The maximum Gasteiger partial charge on any atom is 0.295 e. The van der Waals surface area contributed by atoms with Crippen molar-refractivity contribution in [3.05, 3.63) is 112 Å². The molecule has 0 radical (unpaired) electrons. The van der Waals surface area contributed by atoms with Gasteiger partial charge in [0, 0.05) is 24.4 Å². The van der Waals surface area contributed by atoms with E-state index in [9.17, 15) is 14.4 Å². The van der Waals surface area contributed by atoms with Gasteiger partial charge < -0.3 is 15.4 Å². The molecule has 0 aliphatic heterocycles. The Labute approximate surface area is 208 Å². The topological polar surface area (TPSA) is 94.4 Å². The number of aromatic nitrogens is 2. The number of anilines is 2. The summed E-state index contributed by atoms with van der Waals surface area (Å²) in [6.07, 6.45) is 3.09. The highest BCUT2D eigenvalue weighted by molar-refractivity contribution is 6.06. The quantitative estimate of drug-likeness (QED) is 0.382. The molecule has 0 aliphatic carbocycles.